The van der Waals surface area contributed by atoms with E-state index < -0.39 is 22.1 Å². The molecule has 2 aliphatic heterocycles. The number of hydrogen-bond donors (Lipinski definition) is 2. The van der Waals surface area contributed by atoms with Gasteiger partial charge in [-0.15, -0.1) is 0 Å². The predicted molar refractivity (Wildman–Crippen MR) is 154 cm³/mol. The Morgan fingerprint density at radius 3 is 2.51 bits per heavy atom. The Hall–Kier alpha value is -3.67. The third kappa shape index (κ3) is 5.13. The van der Waals surface area contributed by atoms with Crippen LogP contribution < -0.4 is 9.46 Å². The molecule has 1 saturated carbocycles. The molecular formula is C30H33N3O7S. The highest BCUT2D eigenvalue weighted by molar-refractivity contribution is 7.87. The van der Waals surface area contributed by atoms with Crippen molar-refractivity contribution in [1.82, 2.24) is 13.6 Å². The molecule has 2 N–H and O–H groups in total. The second kappa shape index (κ2) is 11.0. The van der Waals surface area contributed by atoms with E-state index >= 15 is 0 Å². The predicted octanol–water partition coefficient (Wildman–Crippen LogP) is 4.15. The van der Waals surface area contributed by atoms with Crippen molar-refractivity contribution in [3.63, 3.8) is 0 Å². The molecule has 6 rings (SSSR count). The smallest absolute Gasteiger partial charge is 0.333 e. The highest BCUT2D eigenvalue weighted by atomic mass is 32.2. The number of nitrogens with one attached hydrogen (secondary N) is 1. The molecule has 3 heterocycles. The molecule has 3 aliphatic rings. The first-order valence-corrected chi connectivity index (χ1v) is 15.4. The van der Waals surface area contributed by atoms with Gasteiger partial charge in [-0.2, -0.15) is 12.7 Å². The fourth-order valence-electron chi connectivity index (χ4n) is 6.34. The van der Waals surface area contributed by atoms with Crippen LogP contribution in [-0.4, -0.2) is 67.7 Å². The van der Waals surface area contributed by atoms with Crippen molar-refractivity contribution in [1.29, 1.82) is 0 Å². The average Bonchev–Trinajstić information content (AvgIpc) is 3.19. The number of fused-ring (bicyclic) bond motifs is 5. The Morgan fingerprint density at radius 1 is 1.05 bits per heavy atom. The van der Waals surface area contributed by atoms with E-state index in [1.54, 1.807) is 25.3 Å². The van der Waals surface area contributed by atoms with Crippen LogP contribution in [-0.2, 0) is 26.3 Å². The molecule has 1 amide bonds. The van der Waals surface area contributed by atoms with Crippen molar-refractivity contribution in [2.75, 3.05) is 33.4 Å². The molecule has 0 spiro atoms. The number of hydrogen-bond acceptors (Lipinski definition) is 6. The van der Waals surface area contributed by atoms with E-state index in [1.165, 1.54) is 10.7 Å². The lowest BCUT2D eigenvalue weighted by Crippen LogP contribution is -2.48. The van der Waals surface area contributed by atoms with Crippen molar-refractivity contribution in [2.45, 2.75) is 44.6 Å². The number of aromatic nitrogens is 1. The lowest BCUT2D eigenvalue weighted by Gasteiger charge is -2.25. The van der Waals surface area contributed by atoms with Gasteiger partial charge in [-0.1, -0.05) is 25.3 Å². The second-order valence-electron chi connectivity index (χ2n) is 10.8. The van der Waals surface area contributed by atoms with Gasteiger partial charge in [-0.05, 0) is 66.3 Å². The first-order valence-electron chi connectivity index (χ1n) is 13.9. The minimum Gasteiger partial charge on any atom is -0.497 e. The lowest BCUT2D eigenvalue weighted by molar-refractivity contribution is -0.132. The molecule has 1 saturated heterocycles. The van der Waals surface area contributed by atoms with Crippen LogP contribution in [0.5, 0.6) is 5.75 Å². The number of nitrogens with zero attached hydrogens (tertiary/aromatic N) is 2. The Kier molecular flexibility index (Phi) is 7.35. The summed E-state index contributed by atoms with van der Waals surface area (Å²) < 4.78 is 41.8. The van der Waals surface area contributed by atoms with Crippen molar-refractivity contribution in [3.8, 4) is 17.0 Å². The van der Waals surface area contributed by atoms with E-state index in [0.29, 0.717) is 11.3 Å². The second-order valence-corrected chi connectivity index (χ2v) is 12.5. The van der Waals surface area contributed by atoms with Gasteiger partial charge < -0.3 is 19.1 Å². The van der Waals surface area contributed by atoms with Gasteiger partial charge in [0.25, 0.3) is 5.91 Å². The molecule has 1 aliphatic carbocycles. The minimum atomic E-state index is -4.04. The summed E-state index contributed by atoms with van der Waals surface area (Å²) in [5.41, 5.74) is 4.84. The summed E-state index contributed by atoms with van der Waals surface area (Å²) in [5, 5.41) is 11.1. The van der Waals surface area contributed by atoms with Crippen LogP contribution in [0, 0.1) is 0 Å². The molecular weight excluding hydrogens is 546 g/mol. The molecule has 3 aromatic rings. The summed E-state index contributed by atoms with van der Waals surface area (Å²) in [6.07, 6.45) is 7.16. The third-order valence-corrected chi connectivity index (χ3v) is 9.85. The molecule has 0 radical (unpaired) electrons. The fourth-order valence-corrected chi connectivity index (χ4v) is 7.45. The van der Waals surface area contributed by atoms with Gasteiger partial charge in [0.1, 0.15) is 5.75 Å². The molecule has 2 aromatic carbocycles. The summed E-state index contributed by atoms with van der Waals surface area (Å²) in [6.45, 7) is 0.990. The van der Waals surface area contributed by atoms with Gasteiger partial charge in [-0.3, -0.25) is 4.79 Å². The first-order chi connectivity index (χ1) is 19.8. The van der Waals surface area contributed by atoms with E-state index in [9.17, 15) is 23.1 Å². The number of carboxylic acids is 1. The van der Waals surface area contributed by atoms with Gasteiger partial charge in [0.15, 0.2) is 0 Å². The van der Waals surface area contributed by atoms with Crippen LogP contribution in [0.4, 0.5) is 0 Å². The van der Waals surface area contributed by atoms with Crippen LogP contribution >= 0.6 is 0 Å². The zero-order valence-electron chi connectivity index (χ0n) is 22.9. The SMILES string of the molecule is COc1ccc2c(c1)C=C(C(=O)O)Cn1c-2c(C2CCCCC2)c2ccc(C(=O)NS(=O)(=O)N3CCOCC3)cc21. The third-order valence-electron chi connectivity index (χ3n) is 8.36. The number of carboxylic acid groups (broad SMARTS) is 1. The van der Waals surface area contributed by atoms with Crippen molar-refractivity contribution in [3.05, 3.63) is 58.7 Å². The standard InChI is InChI=1S/C30H33N3O7S/c1-39-23-8-10-24-21(16-23)15-22(30(35)36)18-33-26-17-20(29(34)31-41(37,38)32-11-13-40-14-12-32)7-9-25(26)27(28(24)33)19-5-3-2-4-6-19/h7-10,15-17,19H,2-6,11-14,18H2,1H3,(H,31,34)(H,35,36). The van der Waals surface area contributed by atoms with Gasteiger partial charge >= 0.3 is 16.2 Å². The maximum atomic E-state index is 13.3. The summed E-state index contributed by atoms with van der Waals surface area (Å²) in [7, 11) is -2.46. The Morgan fingerprint density at radius 2 is 1.80 bits per heavy atom. The van der Waals surface area contributed by atoms with Gasteiger partial charge in [0.2, 0.25) is 0 Å². The van der Waals surface area contributed by atoms with E-state index in [0.717, 1.165) is 53.5 Å². The molecule has 0 unspecified atom stereocenters. The maximum Gasteiger partial charge on any atom is 0.333 e. The zero-order valence-corrected chi connectivity index (χ0v) is 23.7. The summed E-state index contributed by atoms with van der Waals surface area (Å²) in [5.74, 6) is -0.849. The number of amides is 1. The molecule has 41 heavy (non-hydrogen) atoms. The number of methoxy groups -OCH3 is 1. The highest BCUT2D eigenvalue weighted by Gasteiger charge is 2.31. The van der Waals surface area contributed by atoms with Gasteiger partial charge in [0.05, 0.1) is 38.1 Å². The van der Waals surface area contributed by atoms with Crippen LogP contribution in [0.25, 0.3) is 28.2 Å². The summed E-state index contributed by atoms with van der Waals surface area (Å²) in [6, 6.07) is 10.9. The lowest BCUT2D eigenvalue weighted by atomic mass is 9.81. The number of rotatable bonds is 6. The number of carbonyl (C=O) groups is 2. The summed E-state index contributed by atoms with van der Waals surface area (Å²) >= 11 is 0. The average molecular weight is 580 g/mol. The van der Waals surface area contributed by atoms with Gasteiger partial charge in [-0.25, -0.2) is 9.52 Å². The van der Waals surface area contributed by atoms with Crippen LogP contribution in [0.2, 0.25) is 0 Å². The van der Waals surface area contributed by atoms with E-state index in [2.05, 4.69) is 4.72 Å². The van der Waals surface area contributed by atoms with E-state index in [4.69, 9.17) is 9.47 Å². The minimum absolute atomic E-state index is 0.0992. The molecule has 0 atom stereocenters. The number of carbonyl (C=O) groups excluding carboxylic acids is 1. The molecule has 11 heteroatoms. The van der Waals surface area contributed by atoms with Crippen LogP contribution in [0.1, 0.15) is 59.5 Å². The number of benzene rings is 2. The number of morpholine rings is 1. The van der Waals surface area contributed by atoms with Crippen molar-refractivity contribution >= 4 is 39.1 Å². The Labute approximate surface area is 238 Å². The normalized spacial score (nSPS) is 18.2. The van der Waals surface area contributed by atoms with Crippen molar-refractivity contribution in [2.24, 2.45) is 0 Å². The van der Waals surface area contributed by atoms with Crippen LogP contribution in [0.3, 0.4) is 0 Å². The number of aliphatic carboxylic acids is 1. The molecule has 1 aromatic heterocycles. The maximum absolute atomic E-state index is 13.3. The topological polar surface area (TPSA) is 127 Å². The van der Waals surface area contributed by atoms with E-state index in [-0.39, 0.29) is 49.9 Å². The summed E-state index contributed by atoms with van der Waals surface area (Å²) in [4.78, 5) is 25.6. The van der Waals surface area contributed by atoms with Crippen molar-refractivity contribution < 1.29 is 32.6 Å². The van der Waals surface area contributed by atoms with E-state index in [1.807, 2.05) is 28.8 Å². The molecule has 216 valence electrons. The van der Waals surface area contributed by atoms with Crippen LogP contribution in [0.15, 0.2) is 42.0 Å². The van der Waals surface area contributed by atoms with Gasteiger partial charge in [0, 0.05) is 35.1 Å². The fraction of sp³-hybridized carbons (Fsp3) is 0.400. The Balaban J connectivity index is 1.51. The molecule has 10 nitrogen and oxygen atoms in total. The monoisotopic (exact) mass is 579 g/mol. The molecule has 2 fully saturated rings. The highest BCUT2D eigenvalue weighted by Crippen LogP contribution is 2.47. The quantitative estimate of drug-likeness (QED) is 0.449. The Bertz CT molecular complexity index is 1660. The molecule has 0 bridgehead atoms. The first kappa shape index (κ1) is 27.5. The largest absolute Gasteiger partial charge is 0.497 e. The zero-order chi connectivity index (χ0) is 28.7. The number of ether oxygens (including phenoxy) is 2.